The first-order valence-corrected chi connectivity index (χ1v) is 13.6. The molecule has 6 fully saturated rings. The molecule has 31 heavy (non-hydrogen) atoms. The quantitative estimate of drug-likeness (QED) is 0.501. The Kier molecular flexibility index (Phi) is 5.42. The molecule has 5 unspecified atom stereocenters. The molecule has 6 rings (SSSR count). The Bertz CT molecular complexity index is 682. The van der Waals surface area contributed by atoms with Gasteiger partial charge in [-0.2, -0.15) is 0 Å². The third-order valence-corrected chi connectivity index (χ3v) is 11.5. The van der Waals surface area contributed by atoms with Crippen molar-refractivity contribution < 1.29 is 14.2 Å². The van der Waals surface area contributed by atoms with Gasteiger partial charge in [-0.05, 0) is 98.7 Å². The van der Waals surface area contributed by atoms with Gasteiger partial charge in [0, 0.05) is 12.8 Å². The Labute approximate surface area is 190 Å². The highest BCUT2D eigenvalue weighted by atomic mass is 19.1. The first-order valence-electron chi connectivity index (χ1n) is 13.6. The fraction of sp³-hybridized carbons (Fsp3) is 1.00. The van der Waals surface area contributed by atoms with Crippen LogP contribution in [-0.4, -0.2) is 28.6 Å². The number of hydrogen-bond donors (Lipinski definition) is 1. The van der Waals surface area contributed by atoms with Gasteiger partial charge in [0.15, 0.2) is 0 Å². The number of ether oxygens (including phenoxy) is 1. The highest BCUT2D eigenvalue weighted by Gasteiger charge is 2.70. The Hall–Kier alpha value is -0.150. The monoisotopic (exact) mass is 434 g/mol. The van der Waals surface area contributed by atoms with E-state index in [0.29, 0.717) is 29.8 Å². The van der Waals surface area contributed by atoms with E-state index in [0.717, 1.165) is 51.4 Å². The van der Waals surface area contributed by atoms with Crippen molar-refractivity contribution in [1.82, 2.24) is 0 Å². The van der Waals surface area contributed by atoms with Gasteiger partial charge >= 0.3 is 0 Å². The van der Waals surface area contributed by atoms with Crippen molar-refractivity contribution in [2.75, 3.05) is 0 Å². The largest absolute Gasteiger partial charge is 0.393 e. The molecule has 3 heteroatoms. The molecule has 10 atom stereocenters. The zero-order chi connectivity index (χ0) is 22.2. The van der Waals surface area contributed by atoms with Crippen LogP contribution in [-0.2, 0) is 4.74 Å². The van der Waals surface area contributed by atoms with Crippen molar-refractivity contribution in [3.05, 3.63) is 0 Å². The van der Waals surface area contributed by atoms with Crippen LogP contribution >= 0.6 is 0 Å². The second-order valence-corrected chi connectivity index (χ2v) is 13.6. The fourth-order valence-corrected chi connectivity index (χ4v) is 9.97. The van der Waals surface area contributed by atoms with E-state index in [4.69, 9.17) is 4.74 Å². The third-order valence-electron chi connectivity index (χ3n) is 11.5. The van der Waals surface area contributed by atoms with Gasteiger partial charge in [-0.15, -0.1) is 0 Å². The molecule has 0 aromatic carbocycles. The summed E-state index contributed by atoms with van der Waals surface area (Å²) in [4.78, 5) is 0. The second-order valence-electron chi connectivity index (χ2n) is 13.6. The van der Waals surface area contributed by atoms with Crippen molar-refractivity contribution in [2.45, 2.75) is 135 Å². The normalized spacial score (nSPS) is 53.0. The molecule has 1 N–H and O–H groups in total. The molecule has 0 amide bonds. The van der Waals surface area contributed by atoms with Gasteiger partial charge in [0.25, 0.3) is 0 Å². The number of hydrogen-bond acceptors (Lipinski definition) is 2. The van der Waals surface area contributed by atoms with Crippen molar-refractivity contribution in [3.63, 3.8) is 0 Å². The molecule has 178 valence electrons. The third kappa shape index (κ3) is 3.29. The maximum atomic E-state index is 16.2. The maximum Gasteiger partial charge on any atom is 0.111 e. The minimum atomic E-state index is -1.03. The summed E-state index contributed by atoms with van der Waals surface area (Å²) in [5.74, 6) is 2.91. The molecule has 1 spiro atoms. The SMILES string of the molecule is CC(C)CCCC(C)(F)C1CCC2C3C[C@@H]4C[C@@]5(C[C@@H](O)CC[C@]5(C)C3CC[C@@]21C)O4. The number of fused-ring (bicyclic) bond motifs is 1. The van der Waals surface area contributed by atoms with Gasteiger partial charge in [-0.25, -0.2) is 4.39 Å². The predicted octanol–water partition coefficient (Wildman–Crippen LogP) is 7.08. The van der Waals surface area contributed by atoms with Crippen molar-refractivity contribution in [3.8, 4) is 0 Å². The summed E-state index contributed by atoms with van der Waals surface area (Å²) in [6, 6.07) is 0. The van der Waals surface area contributed by atoms with E-state index < -0.39 is 5.67 Å². The molecule has 2 aliphatic heterocycles. The minimum Gasteiger partial charge on any atom is -0.393 e. The molecule has 2 saturated heterocycles. The topological polar surface area (TPSA) is 29.5 Å². The lowest BCUT2D eigenvalue weighted by molar-refractivity contribution is -0.286. The van der Waals surface area contributed by atoms with Crippen LogP contribution in [0.25, 0.3) is 0 Å². The number of aliphatic hydroxyl groups excluding tert-OH is 1. The molecular formula is C28H47FO2. The van der Waals surface area contributed by atoms with Crippen LogP contribution in [0.1, 0.15) is 112 Å². The van der Waals surface area contributed by atoms with Crippen molar-refractivity contribution in [1.29, 1.82) is 0 Å². The lowest BCUT2D eigenvalue weighted by Crippen LogP contribution is -2.64. The van der Waals surface area contributed by atoms with Crippen molar-refractivity contribution >= 4 is 0 Å². The molecule has 2 nitrogen and oxygen atoms in total. The molecule has 6 aliphatic rings. The summed E-state index contributed by atoms with van der Waals surface area (Å²) in [7, 11) is 0. The summed E-state index contributed by atoms with van der Waals surface area (Å²) >= 11 is 0. The Morgan fingerprint density at radius 3 is 2.52 bits per heavy atom. The van der Waals surface area contributed by atoms with Crippen LogP contribution in [0.15, 0.2) is 0 Å². The van der Waals surface area contributed by atoms with E-state index in [1.807, 2.05) is 6.92 Å². The smallest absolute Gasteiger partial charge is 0.111 e. The van der Waals surface area contributed by atoms with E-state index in [-0.39, 0.29) is 28.5 Å². The first kappa shape index (κ1) is 22.6. The van der Waals surface area contributed by atoms with Crippen LogP contribution in [0.2, 0.25) is 0 Å². The average Bonchev–Trinajstić information content (AvgIpc) is 2.91. The summed E-state index contributed by atoms with van der Waals surface area (Å²) in [5, 5.41) is 10.4. The molecule has 2 bridgehead atoms. The van der Waals surface area contributed by atoms with Crippen LogP contribution in [0, 0.1) is 40.4 Å². The van der Waals surface area contributed by atoms with Crippen molar-refractivity contribution in [2.24, 2.45) is 40.4 Å². The van der Waals surface area contributed by atoms with E-state index in [2.05, 4.69) is 27.7 Å². The van der Waals surface area contributed by atoms with Crippen LogP contribution in [0.4, 0.5) is 4.39 Å². The standard InChI is InChI=1S/C28H47FO2/c1-18(2)7-6-12-27(5,29)24-9-8-22-21-15-20-17-28(31-20)16-19(30)10-14-26(28,4)23(21)11-13-25(22,24)3/h18-24,30H,6-17H2,1-5H3/t19-,20+,21?,22?,23?,24?,25-,26+,27?,28+/m0/s1. The number of alkyl halides is 1. The van der Waals surface area contributed by atoms with Gasteiger partial charge in [0.05, 0.1) is 17.8 Å². The zero-order valence-corrected chi connectivity index (χ0v) is 20.8. The van der Waals surface area contributed by atoms with E-state index in [1.54, 1.807) is 0 Å². The van der Waals surface area contributed by atoms with E-state index in [1.165, 1.54) is 25.7 Å². The highest BCUT2D eigenvalue weighted by Crippen LogP contribution is 2.71. The summed E-state index contributed by atoms with van der Waals surface area (Å²) in [6.45, 7) is 11.4. The van der Waals surface area contributed by atoms with Gasteiger partial charge in [0.2, 0.25) is 0 Å². The summed E-state index contributed by atoms with van der Waals surface area (Å²) in [6.07, 6.45) is 13.0. The van der Waals surface area contributed by atoms with E-state index >= 15 is 4.39 Å². The van der Waals surface area contributed by atoms with Gasteiger partial charge < -0.3 is 9.84 Å². The molecular weight excluding hydrogens is 387 g/mol. The lowest BCUT2D eigenvalue weighted by Gasteiger charge is -2.62. The lowest BCUT2D eigenvalue weighted by atomic mass is 9.47. The molecule has 0 aromatic rings. The second kappa shape index (κ2) is 7.42. The molecule has 4 saturated carbocycles. The number of aliphatic hydroxyl groups is 1. The van der Waals surface area contributed by atoms with E-state index in [9.17, 15) is 5.11 Å². The van der Waals surface area contributed by atoms with Crippen LogP contribution < -0.4 is 0 Å². The maximum absolute atomic E-state index is 16.2. The first-order chi connectivity index (χ1) is 14.5. The Morgan fingerprint density at radius 2 is 1.81 bits per heavy atom. The number of rotatable bonds is 5. The number of halogens is 1. The highest BCUT2D eigenvalue weighted by molar-refractivity contribution is 5.18. The Balaban J connectivity index is 1.38. The predicted molar refractivity (Wildman–Crippen MR) is 124 cm³/mol. The Morgan fingerprint density at radius 1 is 1.06 bits per heavy atom. The zero-order valence-electron chi connectivity index (χ0n) is 20.8. The summed E-state index contributed by atoms with van der Waals surface area (Å²) < 4.78 is 22.9. The van der Waals surface area contributed by atoms with Crippen LogP contribution in [0.5, 0.6) is 0 Å². The molecule has 2 heterocycles. The average molecular weight is 435 g/mol. The van der Waals surface area contributed by atoms with Gasteiger partial charge in [0.1, 0.15) is 5.67 Å². The molecule has 0 radical (unpaired) electrons. The molecule has 0 aromatic heterocycles. The summed E-state index contributed by atoms with van der Waals surface area (Å²) in [5.41, 5.74) is -0.769. The van der Waals surface area contributed by atoms with Gasteiger partial charge in [-0.1, -0.05) is 40.5 Å². The fourth-order valence-electron chi connectivity index (χ4n) is 9.97. The minimum absolute atomic E-state index is 0.0774. The molecule has 4 aliphatic carbocycles. The van der Waals surface area contributed by atoms with Crippen LogP contribution in [0.3, 0.4) is 0 Å². The van der Waals surface area contributed by atoms with Gasteiger partial charge in [-0.3, -0.25) is 0 Å².